The van der Waals surface area contributed by atoms with Crippen molar-refractivity contribution in [1.29, 1.82) is 0 Å². The number of hydrogen-bond donors (Lipinski definition) is 1. The largest absolute Gasteiger partial charge is 0.404 e. The number of aliphatic hydroxyl groups excluding tert-OH is 1. The van der Waals surface area contributed by atoms with E-state index >= 15 is 0 Å². The van der Waals surface area contributed by atoms with Gasteiger partial charge in [-0.2, -0.15) is 0 Å². The molecule has 0 aromatic carbocycles. The van der Waals surface area contributed by atoms with Crippen molar-refractivity contribution in [2.24, 2.45) is 5.92 Å². The fraction of sp³-hybridized carbons (Fsp3) is 0.941. The van der Waals surface area contributed by atoms with Crippen molar-refractivity contribution < 1.29 is 23.8 Å². The van der Waals surface area contributed by atoms with Crippen molar-refractivity contribution in [3.8, 4) is 0 Å². The quantitative estimate of drug-likeness (QED) is 0.650. The molecular formula is C17H34O5Si. The Balaban J connectivity index is 2.99. The summed E-state index contributed by atoms with van der Waals surface area (Å²) in [5.41, 5.74) is 0. The highest BCUT2D eigenvalue weighted by atomic mass is 28.4. The molecule has 23 heavy (non-hydrogen) atoms. The fourth-order valence-corrected chi connectivity index (χ4v) is 5.72. The Labute approximate surface area is 141 Å². The molecule has 3 atom stereocenters. The van der Waals surface area contributed by atoms with E-state index in [1.807, 2.05) is 13.8 Å². The first-order valence-corrected chi connectivity index (χ1v) is 11.4. The normalized spacial score (nSPS) is 24.0. The number of aliphatic hydroxyl groups is 1. The summed E-state index contributed by atoms with van der Waals surface area (Å²) in [5, 5.41) is 10.6. The van der Waals surface area contributed by atoms with Crippen LogP contribution in [0.5, 0.6) is 0 Å². The summed E-state index contributed by atoms with van der Waals surface area (Å²) < 4.78 is 17.5. The lowest BCUT2D eigenvalue weighted by atomic mass is 9.97. The highest BCUT2D eigenvalue weighted by Crippen LogP contribution is 2.29. The number of hydrogen-bond acceptors (Lipinski definition) is 5. The van der Waals surface area contributed by atoms with Crippen molar-refractivity contribution in [2.45, 2.75) is 90.7 Å². The minimum atomic E-state index is -2.02. The van der Waals surface area contributed by atoms with Crippen LogP contribution in [0.15, 0.2) is 0 Å². The first-order chi connectivity index (χ1) is 10.6. The summed E-state index contributed by atoms with van der Waals surface area (Å²) in [6.45, 7) is 13.9. The van der Waals surface area contributed by atoms with Crippen molar-refractivity contribution in [2.75, 3.05) is 6.61 Å². The summed E-state index contributed by atoms with van der Waals surface area (Å²) in [7, 11) is -2.02. The molecule has 0 radical (unpaired) electrons. The summed E-state index contributed by atoms with van der Waals surface area (Å²) in [6.07, 6.45) is -2.32. The predicted octanol–water partition coefficient (Wildman–Crippen LogP) is 3.11. The lowest BCUT2D eigenvalue weighted by molar-refractivity contribution is -0.160. The molecule has 136 valence electrons. The molecule has 1 rings (SSSR count). The van der Waals surface area contributed by atoms with Gasteiger partial charge in [-0.15, -0.1) is 0 Å². The van der Waals surface area contributed by atoms with E-state index in [0.29, 0.717) is 0 Å². The molecule has 0 aromatic heterocycles. The second kappa shape index (κ2) is 8.21. The molecule has 0 aromatic rings. The molecule has 6 heteroatoms. The topological polar surface area (TPSA) is 65.0 Å². The van der Waals surface area contributed by atoms with Gasteiger partial charge in [-0.05, 0) is 37.9 Å². The monoisotopic (exact) mass is 346 g/mol. The second-order valence-electron chi connectivity index (χ2n) is 7.24. The van der Waals surface area contributed by atoms with Crippen LogP contribution < -0.4 is 0 Å². The van der Waals surface area contributed by atoms with Gasteiger partial charge in [0.1, 0.15) is 12.2 Å². The average molecular weight is 347 g/mol. The van der Waals surface area contributed by atoms with Gasteiger partial charge in [0, 0.05) is 0 Å². The molecule has 1 saturated heterocycles. The first kappa shape index (κ1) is 20.8. The Kier molecular flexibility index (Phi) is 7.41. The summed E-state index contributed by atoms with van der Waals surface area (Å²) in [6, 6.07) is 2.80. The number of ether oxygens (including phenoxy) is 2. The Morgan fingerprint density at radius 2 is 1.78 bits per heavy atom. The zero-order valence-electron chi connectivity index (χ0n) is 15.7. The second-order valence-corrected chi connectivity index (χ2v) is 12.0. The summed E-state index contributed by atoms with van der Waals surface area (Å²) in [5.74, 6) is -1.01. The molecule has 0 aliphatic carbocycles. The van der Waals surface area contributed by atoms with Crippen molar-refractivity contribution in [1.82, 2.24) is 0 Å². The average Bonchev–Trinajstić information content (AvgIpc) is 2.88. The Hall–Kier alpha value is -0.273. The van der Waals surface area contributed by atoms with Crippen LogP contribution in [0.25, 0.3) is 0 Å². The molecule has 0 amide bonds. The number of rotatable bonds is 9. The Morgan fingerprint density at radius 3 is 2.13 bits per heavy atom. The third-order valence-electron chi connectivity index (χ3n) is 4.91. The van der Waals surface area contributed by atoms with Crippen LogP contribution in [0, 0.1) is 5.92 Å². The molecule has 0 unspecified atom stereocenters. The molecule has 1 aliphatic rings. The number of carbonyl (C=O) groups is 1. The van der Waals surface area contributed by atoms with Crippen LogP contribution in [0.1, 0.15) is 48.5 Å². The summed E-state index contributed by atoms with van der Waals surface area (Å²) >= 11 is 0. The van der Waals surface area contributed by atoms with Crippen LogP contribution in [0.4, 0.5) is 0 Å². The molecule has 0 saturated carbocycles. The molecule has 0 spiro atoms. The maximum absolute atomic E-state index is 12.9. The number of ketones is 1. The number of carbonyl (C=O) groups excluding carboxylic acids is 1. The van der Waals surface area contributed by atoms with E-state index in [1.54, 1.807) is 13.8 Å². The van der Waals surface area contributed by atoms with Crippen LogP contribution in [-0.4, -0.2) is 49.9 Å². The van der Waals surface area contributed by atoms with Crippen LogP contribution >= 0.6 is 0 Å². The number of Topliss-reactive ketones (excluding diaryl/α,β-unsaturated/α-hetero) is 1. The Bertz CT molecular complexity index is 384. The minimum absolute atomic E-state index is 0.0588. The molecule has 5 nitrogen and oxygen atoms in total. The van der Waals surface area contributed by atoms with E-state index in [9.17, 15) is 9.90 Å². The Morgan fingerprint density at radius 1 is 1.26 bits per heavy atom. The molecule has 1 fully saturated rings. The lowest BCUT2D eigenvalue weighted by Gasteiger charge is -2.36. The van der Waals surface area contributed by atoms with Crippen molar-refractivity contribution >= 4 is 14.1 Å². The first-order valence-electron chi connectivity index (χ1n) is 8.82. The highest BCUT2D eigenvalue weighted by molar-refractivity contribution is 6.73. The van der Waals surface area contributed by atoms with Crippen molar-refractivity contribution in [3.05, 3.63) is 0 Å². The third-order valence-corrected chi connectivity index (χ3v) is 9.53. The zero-order chi connectivity index (χ0) is 17.8. The zero-order valence-corrected chi connectivity index (χ0v) is 16.7. The van der Waals surface area contributed by atoms with Crippen LogP contribution in [0.3, 0.4) is 0 Å². The maximum atomic E-state index is 12.9. The fourth-order valence-electron chi connectivity index (χ4n) is 2.93. The van der Waals surface area contributed by atoms with E-state index in [0.717, 1.165) is 18.1 Å². The van der Waals surface area contributed by atoms with Crippen LogP contribution in [0.2, 0.25) is 18.1 Å². The molecule has 1 heterocycles. The van der Waals surface area contributed by atoms with Crippen molar-refractivity contribution in [3.63, 3.8) is 0 Å². The van der Waals surface area contributed by atoms with Gasteiger partial charge in [0.15, 0.2) is 19.9 Å². The molecule has 0 bridgehead atoms. The van der Waals surface area contributed by atoms with E-state index in [-0.39, 0.29) is 18.3 Å². The summed E-state index contributed by atoms with van der Waals surface area (Å²) in [4.78, 5) is 12.9. The van der Waals surface area contributed by atoms with E-state index in [4.69, 9.17) is 13.9 Å². The standard InChI is InChI=1S/C17H34O5Si/c1-8-23(9-2,10-3)22-16(14(18)12(4)5)15(19)13-11-20-17(6,7)21-13/h12-14,16,18H,8-11H2,1-7H3/t13-,14-,16+/m0/s1. The van der Waals surface area contributed by atoms with Gasteiger partial charge in [0.25, 0.3) is 0 Å². The highest BCUT2D eigenvalue weighted by Gasteiger charge is 2.45. The third kappa shape index (κ3) is 5.10. The van der Waals surface area contributed by atoms with Gasteiger partial charge < -0.3 is 19.0 Å². The SMILES string of the molecule is CC[Si](CC)(CC)O[C@@H](C(=O)[C@@H]1COC(C)(C)O1)[C@@H](O)C(C)C. The molecular weight excluding hydrogens is 312 g/mol. The van der Waals surface area contributed by atoms with Gasteiger partial charge in [-0.3, -0.25) is 4.79 Å². The minimum Gasteiger partial charge on any atom is -0.404 e. The lowest BCUT2D eigenvalue weighted by Crippen LogP contribution is -2.52. The van der Waals surface area contributed by atoms with Gasteiger partial charge in [0.05, 0.1) is 12.7 Å². The van der Waals surface area contributed by atoms with Gasteiger partial charge in [0.2, 0.25) is 0 Å². The van der Waals surface area contributed by atoms with E-state index in [1.165, 1.54) is 0 Å². The van der Waals surface area contributed by atoms with E-state index < -0.39 is 32.4 Å². The molecule has 1 N–H and O–H groups in total. The van der Waals surface area contributed by atoms with Gasteiger partial charge in [-0.25, -0.2) is 0 Å². The maximum Gasteiger partial charge on any atom is 0.194 e. The van der Waals surface area contributed by atoms with Gasteiger partial charge >= 0.3 is 0 Å². The predicted molar refractivity (Wildman–Crippen MR) is 92.8 cm³/mol. The molecule has 1 aliphatic heterocycles. The van der Waals surface area contributed by atoms with Crippen LogP contribution in [-0.2, 0) is 18.7 Å². The van der Waals surface area contributed by atoms with Gasteiger partial charge in [-0.1, -0.05) is 34.6 Å². The smallest absolute Gasteiger partial charge is 0.194 e. The van der Waals surface area contributed by atoms with E-state index in [2.05, 4.69) is 20.8 Å².